The number of hydrogen-bond donors (Lipinski definition) is 1. The maximum Gasteiger partial charge on any atom is 0.178 e. The topological polar surface area (TPSA) is 82.5 Å². The van der Waals surface area contributed by atoms with Crippen LogP contribution in [0.15, 0.2) is 25.0 Å². The van der Waals surface area contributed by atoms with Crippen molar-refractivity contribution < 1.29 is 0 Å². The van der Waals surface area contributed by atoms with E-state index < -0.39 is 0 Å². The highest BCUT2D eigenvalue weighted by molar-refractivity contribution is 5.27. The normalized spacial score (nSPS) is 12.7. The molecule has 0 aromatic carbocycles. The minimum Gasteiger partial charge on any atom is -0.323 e. The molecule has 72 valence electrons. The van der Waals surface area contributed by atoms with Crippen LogP contribution in [0, 0.1) is 0 Å². The highest BCUT2D eigenvalue weighted by Gasteiger charge is 2.10. The molecule has 6 heteroatoms. The summed E-state index contributed by atoms with van der Waals surface area (Å²) in [6, 6.07) is -0.178. The molecule has 0 saturated heterocycles. The summed E-state index contributed by atoms with van der Waals surface area (Å²) in [7, 11) is 0. The van der Waals surface area contributed by atoms with Gasteiger partial charge in [-0.05, 0) is 6.92 Å². The molecule has 2 rings (SSSR count). The third-order valence-corrected chi connectivity index (χ3v) is 1.77. The molecular formula is C8H10N6. The monoisotopic (exact) mass is 190 g/mol. The Bertz CT molecular complexity index is 408. The summed E-state index contributed by atoms with van der Waals surface area (Å²) in [5.41, 5.74) is 6.46. The van der Waals surface area contributed by atoms with Crippen LogP contribution in [0.1, 0.15) is 18.7 Å². The van der Waals surface area contributed by atoms with Crippen molar-refractivity contribution in [2.75, 3.05) is 0 Å². The molecule has 0 spiro atoms. The first-order valence-corrected chi connectivity index (χ1v) is 4.20. The molecule has 14 heavy (non-hydrogen) atoms. The van der Waals surface area contributed by atoms with Gasteiger partial charge in [0.2, 0.25) is 0 Å². The first-order chi connectivity index (χ1) is 6.79. The number of nitrogens with two attached hydrogens (primary N) is 1. The second kappa shape index (κ2) is 3.51. The lowest BCUT2D eigenvalue weighted by molar-refractivity contribution is 0.728. The van der Waals surface area contributed by atoms with Gasteiger partial charge in [0.15, 0.2) is 5.82 Å². The molecule has 0 amide bonds. The van der Waals surface area contributed by atoms with Gasteiger partial charge in [0, 0.05) is 18.4 Å². The molecule has 0 bridgehead atoms. The number of aromatic nitrogens is 5. The van der Waals surface area contributed by atoms with E-state index in [1.54, 1.807) is 23.4 Å². The van der Waals surface area contributed by atoms with E-state index in [4.69, 9.17) is 5.73 Å². The van der Waals surface area contributed by atoms with Crippen LogP contribution in [0.25, 0.3) is 5.82 Å². The molecule has 2 N–H and O–H groups in total. The summed E-state index contributed by atoms with van der Waals surface area (Å²) < 4.78 is 1.55. The largest absolute Gasteiger partial charge is 0.323 e. The molecular weight excluding hydrogens is 180 g/mol. The van der Waals surface area contributed by atoms with Gasteiger partial charge in [0.25, 0.3) is 0 Å². The van der Waals surface area contributed by atoms with Crippen molar-refractivity contribution >= 4 is 0 Å². The summed E-state index contributed by atoms with van der Waals surface area (Å²) in [5, 5.41) is 3.98. The molecule has 1 unspecified atom stereocenters. The zero-order valence-electron chi connectivity index (χ0n) is 7.70. The van der Waals surface area contributed by atoms with Crippen molar-refractivity contribution in [2.45, 2.75) is 13.0 Å². The lowest BCUT2D eigenvalue weighted by Crippen LogP contribution is -2.13. The summed E-state index contributed by atoms with van der Waals surface area (Å²) in [6.45, 7) is 1.85. The van der Waals surface area contributed by atoms with Gasteiger partial charge in [-0.25, -0.2) is 14.6 Å². The SMILES string of the molecule is CC(N)c1nccnc1-n1cncn1. The fraction of sp³-hybridized carbons (Fsp3) is 0.250. The van der Waals surface area contributed by atoms with Gasteiger partial charge in [0.1, 0.15) is 18.3 Å². The van der Waals surface area contributed by atoms with E-state index in [9.17, 15) is 0 Å². The van der Waals surface area contributed by atoms with Crippen molar-refractivity contribution in [3.05, 3.63) is 30.7 Å². The summed E-state index contributed by atoms with van der Waals surface area (Å²) >= 11 is 0. The number of rotatable bonds is 2. The fourth-order valence-corrected chi connectivity index (χ4v) is 1.16. The molecule has 0 saturated carbocycles. The Morgan fingerprint density at radius 3 is 2.79 bits per heavy atom. The Balaban J connectivity index is 2.53. The molecule has 0 radical (unpaired) electrons. The van der Waals surface area contributed by atoms with Crippen molar-refractivity contribution in [1.29, 1.82) is 0 Å². The number of nitrogens with zero attached hydrogens (tertiary/aromatic N) is 5. The van der Waals surface area contributed by atoms with E-state index in [-0.39, 0.29) is 6.04 Å². The summed E-state index contributed by atoms with van der Waals surface area (Å²) in [5.74, 6) is 0.625. The Morgan fingerprint density at radius 1 is 1.36 bits per heavy atom. The Kier molecular flexibility index (Phi) is 2.19. The first kappa shape index (κ1) is 8.76. The van der Waals surface area contributed by atoms with Crippen molar-refractivity contribution in [3.63, 3.8) is 0 Å². The van der Waals surface area contributed by atoms with Crippen LogP contribution < -0.4 is 5.73 Å². The van der Waals surface area contributed by atoms with Gasteiger partial charge >= 0.3 is 0 Å². The van der Waals surface area contributed by atoms with E-state index in [0.717, 1.165) is 0 Å². The van der Waals surface area contributed by atoms with Crippen molar-refractivity contribution in [1.82, 2.24) is 24.7 Å². The molecule has 2 aromatic rings. The molecule has 0 aliphatic carbocycles. The van der Waals surface area contributed by atoms with Crippen LogP contribution in [0.2, 0.25) is 0 Å². The van der Waals surface area contributed by atoms with E-state index in [1.165, 1.54) is 6.33 Å². The second-order valence-corrected chi connectivity index (χ2v) is 2.89. The highest BCUT2D eigenvalue weighted by atomic mass is 15.3. The van der Waals surface area contributed by atoms with Gasteiger partial charge in [0.05, 0.1) is 0 Å². The maximum absolute atomic E-state index is 5.76. The summed E-state index contributed by atoms with van der Waals surface area (Å²) in [4.78, 5) is 12.2. The molecule has 1 atom stereocenters. The highest BCUT2D eigenvalue weighted by Crippen LogP contribution is 2.12. The van der Waals surface area contributed by atoms with Crippen LogP contribution in [0.3, 0.4) is 0 Å². The average molecular weight is 190 g/mol. The van der Waals surface area contributed by atoms with Crippen LogP contribution in [0.4, 0.5) is 0 Å². The third kappa shape index (κ3) is 1.47. The Morgan fingerprint density at radius 2 is 2.14 bits per heavy atom. The smallest absolute Gasteiger partial charge is 0.178 e. The van der Waals surface area contributed by atoms with Gasteiger partial charge in [-0.15, -0.1) is 0 Å². The number of hydrogen-bond acceptors (Lipinski definition) is 5. The quantitative estimate of drug-likeness (QED) is 0.725. The van der Waals surface area contributed by atoms with E-state index in [2.05, 4.69) is 20.1 Å². The molecule has 6 nitrogen and oxygen atoms in total. The standard InChI is InChI=1S/C8H10N6/c1-6(9)7-8(12-3-2-11-7)14-5-10-4-13-14/h2-6H,9H2,1H3. The van der Waals surface area contributed by atoms with Crippen LogP contribution in [-0.4, -0.2) is 24.7 Å². The molecule has 0 aliphatic heterocycles. The molecule has 2 heterocycles. The van der Waals surface area contributed by atoms with Crippen LogP contribution in [-0.2, 0) is 0 Å². The van der Waals surface area contributed by atoms with Crippen LogP contribution in [0.5, 0.6) is 0 Å². The lowest BCUT2D eigenvalue weighted by Gasteiger charge is -2.08. The predicted molar refractivity (Wildman–Crippen MR) is 49.6 cm³/mol. The minimum atomic E-state index is -0.178. The minimum absolute atomic E-state index is 0.178. The first-order valence-electron chi connectivity index (χ1n) is 4.20. The van der Waals surface area contributed by atoms with E-state index in [1.807, 2.05) is 6.92 Å². The Labute approximate surface area is 80.8 Å². The van der Waals surface area contributed by atoms with Crippen molar-refractivity contribution in [3.8, 4) is 5.82 Å². The second-order valence-electron chi connectivity index (χ2n) is 2.89. The lowest BCUT2D eigenvalue weighted by atomic mass is 10.2. The van der Waals surface area contributed by atoms with Gasteiger partial charge in [-0.2, -0.15) is 5.10 Å². The predicted octanol–water partition coefficient (Wildman–Crippen LogP) is 0.0770. The Hall–Kier alpha value is -1.82. The molecule has 0 aliphatic rings. The van der Waals surface area contributed by atoms with Crippen LogP contribution >= 0.6 is 0 Å². The summed E-state index contributed by atoms with van der Waals surface area (Å²) in [6.07, 6.45) is 6.22. The fourth-order valence-electron chi connectivity index (χ4n) is 1.16. The zero-order valence-corrected chi connectivity index (χ0v) is 7.70. The van der Waals surface area contributed by atoms with Gasteiger partial charge in [-0.1, -0.05) is 0 Å². The molecule has 0 fully saturated rings. The third-order valence-electron chi connectivity index (χ3n) is 1.77. The van der Waals surface area contributed by atoms with Gasteiger partial charge < -0.3 is 5.73 Å². The van der Waals surface area contributed by atoms with E-state index >= 15 is 0 Å². The molecule has 2 aromatic heterocycles. The zero-order chi connectivity index (χ0) is 9.97. The van der Waals surface area contributed by atoms with Gasteiger partial charge in [-0.3, -0.25) is 4.98 Å². The van der Waals surface area contributed by atoms with Crippen molar-refractivity contribution in [2.24, 2.45) is 5.73 Å². The average Bonchev–Trinajstić information content (AvgIpc) is 2.70. The maximum atomic E-state index is 5.76. The van der Waals surface area contributed by atoms with E-state index in [0.29, 0.717) is 11.5 Å².